The van der Waals surface area contributed by atoms with Crippen molar-refractivity contribution in [3.8, 4) is 17.1 Å². The monoisotopic (exact) mass is 392 g/mol. The Morgan fingerprint density at radius 3 is 2.86 bits per heavy atom. The van der Waals surface area contributed by atoms with Crippen LogP contribution in [0.15, 0.2) is 47.1 Å². The van der Waals surface area contributed by atoms with E-state index in [1.165, 1.54) is 0 Å². The highest BCUT2D eigenvalue weighted by Crippen LogP contribution is 2.24. The van der Waals surface area contributed by atoms with Gasteiger partial charge < -0.3 is 15.1 Å². The molecule has 3 heterocycles. The number of carbonyl (C=O) groups is 2. The number of carbonyl (C=O) groups excluding carboxylic acids is 2. The maximum Gasteiger partial charge on any atom is 0.270 e. The van der Waals surface area contributed by atoms with Crippen LogP contribution in [0.3, 0.4) is 0 Å². The molecule has 1 saturated heterocycles. The van der Waals surface area contributed by atoms with Gasteiger partial charge in [-0.2, -0.15) is 5.10 Å². The van der Waals surface area contributed by atoms with E-state index in [-0.39, 0.29) is 11.8 Å². The van der Waals surface area contributed by atoms with E-state index in [0.717, 1.165) is 29.7 Å². The maximum atomic E-state index is 13.1. The summed E-state index contributed by atoms with van der Waals surface area (Å²) in [5.41, 5.74) is 3.86. The summed E-state index contributed by atoms with van der Waals surface area (Å²) in [6, 6.07) is 10.7. The molecular weight excluding hydrogens is 368 g/mol. The quantitative estimate of drug-likeness (QED) is 0.714. The van der Waals surface area contributed by atoms with Crippen LogP contribution < -0.4 is 10.6 Å². The minimum atomic E-state index is -0.542. The first-order valence-electron chi connectivity index (χ1n) is 9.83. The van der Waals surface area contributed by atoms with Gasteiger partial charge in [-0.1, -0.05) is 17.7 Å². The van der Waals surface area contributed by atoms with Crippen molar-refractivity contribution < 1.29 is 14.0 Å². The molecule has 7 heteroatoms. The number of aryl methyl sites for hydroxylation is 2. The second-order valence-corrected chi connectivity index (χ2v) is 7.41. The van der Waals surface area contributed by atoms with E-state index in [9.17, 15) is 9.59 Å². The Morgan fingerprint density at radius 2 is 2.10 bits per heavy atom. The molecule has 0 saturated carbocycles. The van der Waals surface area contributed by atoms with Gasteiger partial charge in [0.05, 0.1) is 12.0 Å². The number of aromatic nitrogens is 2. The van der Waals surface area contributed by atoms with Gasteiger partial charge in [-0.25, -0.2) is 4.68 Å². The Balaban J connectivity index is 1.72. The van der Waals surface area contributed by atoms with Crippen LogP contribution in [0, 0.1) is 13.8 Å². The summed E-state index contributed by atoms with van der Waals surface area (Å²) < 4.78 is 7.09. The Morgan fingerprint density at radius 1 is 1.24 bits per heavy atom. The number of hydrogen-bond acceptors (Lipinski definition) is 4. The van der Waals surface area contributed by atoms with E-state index in [4.69, 9.17) is 4.42 Å². The molecule has 2 aromatic heterocycles. The average Bonchev–Trinajstić information content (AvgIpc) is 3.32. The molecule has 150 valence electrons. The SMILES string of the molecule is Cc1ccc(-n2nc(-c3ccco3)cc2C(=O)NC2CCCCNC2=O)c(C)c1. The maximum absolute atomic E-state index is 13.1. The molecule has 2 N–H and O–H groups in total. The van der Waals surface area contributed by atoms with Gasteiger partial charge >= 0.3 is 0 Å². The van der Waals surface area contributed by atoms with Crippen molar-refractivity contribution in [1.29, 1.82) is 0 Å². The van der Waals surface area contributed by atoms with Gasteiger partial charge in [0.25, 0.3) is 5.91 Å². The molecule has 1 atom stereocenters. The Bertz CT molecular complexity index is 1040. The summed E-state index contributed by atoms with van der Waals surface area (Å²) in [5.74, 6) is 0.104. The van der Waals surface area contributed by atoms with Crippen molar-refractivity contribution in [2.75, 3.05) is 6.54 Å². The second kappa shape index (κ2) is 7.95. The van der Waals surface area contributed by atoms with Crippen LogP contribution >= 0.6 is 0 Å². The smallest absolute Gasteiger partial charge is 0.270 e. The summed E-state index contributed by atoms with van der Waals surface area (Å²) >= 11 is 0. The first kappa shape index (κ1) is 19.0. The lowest BCUT2D eigenvalue weighted by Crippen LogP contribution is -2.45. The van der Waals surface area contributed by atoms with Gasteiger partial charge in [0.15, 0.2) is 5.76 Å². The molecule has 1 aliphatic heterocycles. The Hall–Kier alpha value is -3.35. The van der Waals surface area contributed by atoms with E-state index in [0.29, 0.717) is 30.1 Å². The van der Waals surface area contributed by atoms with E-state index < -0.39 is 6.04 Å². The molecular formula is C22H24N4O3. The minimum absolute atomic E-state index is 0.139. The van der Waals surface area contributed by atoms with Crippen LogP contribution in [-0.4, -0.2) is 34.2 Å². The summed E-state index contributed by atoms with van der Waals surface area (Å²) in [6.45, 7) is 4.65. The van der Waals surface area contributed by atoms with E-state index >= 15 is 0 Å². The predicted molar refractivity (Wildman–Crippen MR) is 109 cm³/mol. The van der Waals surface area contributed by atoms with Gasteiger partial charge in [-0.3, -0.25) is 9.59 Å². The normalized spacial score (nSPS) is 16.9. The van der Waals surface area contributed by atoms with Crippen LogP contribution in [0.25, 0.3) is 17.1 Å². The summed E-state index contributed by atoms with van der Waals surface area (Å²) in [5, 5.41) is 10.4. The standard InChI is InChI=1S/C22H24N4O3/c1-14-8-9-18(15(2)12-14)26-19(13-17(25-26)20-7-5-11-29-20)22(28)24-16-6-3-4-10-23-21(16)27/h5,7-9,11-13,16H,3-4,6,10H2,1-2H3,(H,23,27)(H,24,28). The molecule has 1 aromatic carbocycles. The Labute approximate surface area is 169 Å². The fraction of sp³-hybridized carbons (Fsp3) is 0.318. The molecule has 1 fully saturated rings. The van der Waals surface area contributed by atoms with Crippen LogP contribution in [-0.2, 0) is 4.79 Å². The molecule has 29 heavy (non-hydrogen) atoms. The molecule has 0 radical (unpaired) electrons. The number of benzene rings is 1. The molecule has 0 spiro atoms. The number of furan rings is 1. The molecule has 4 rings (SSSR count). The lowest BCUT2D eigenvalue weighted by Gasteiger charge is -2.16. The number of amides is 2. The number of nitrogens with one attached hydrogen (secondary N) is 2. The Kier molecular flexibility index (Phi) is 5.20. The van der Waals surface area contributed by atoms with E-state index in [1.54, 1.807) is 29.1 Å². The van der Waals surface area contributed by atoms with Crippen molar-refractivity contribution >= 4 is 11.8 Å². The zero-order valence-corrected chi connectivity index (χ0v) is 16.6. The molecule has 2 amide bonds. The third-order valence-corrected chi connectivity index (χ3v) is 5.14. The van der Waals surface area contributed by atoms with Gasteiger partial charge in [-0.05, 0) is 56.9 Å². The zero-order chi connectivity index (χ0) is 20.4. The van der Waals surface area contributed by atoms with Crippen LogP contribution in [0.2, 0.25) is 0 Å². The predicted octanol–water partition coefficient (Wildman–Crippen LogP) is 3.15. The third-order valence-electron chi connectivity index (χ3n) is 5.14. The number of nitrogens with zero attached hydrogens (tertiary/aromatic N) is 2. The first-order chi connectivity index (χ1) is 14.0. The fourth-order valence-corrected chi connectivity index (χ4v) is 3.62. The molecule has 3 aromatic rings. The molecule has 0 bridgehead atoms. The molecule has 1 unspecified atom stereocenters. The molecule has 1 aliphatic rings. The lowest BCUT2D eigenvalue weighted by molar-refractivity contribution is -0.122. The van der Waals surface area contributed by atoms with Crippen molar-refractivity contribution in [1.82, 2.24) is 20.4 Å². The van der Waals surface area contributed by atoms with E-state index in [2.05, 4.69) is 15.7 Å². The van der Waals surface area contributed by atoms with Crippen molar-refractivity contribution in [2.24, 2.45) is 0 Å². The van der Waals surface area contributed by atoms with Gasteiger partial charge in [-0.15, -0.1) is 0 Å². The van der Waals surface area contributed by atoms with Crippen LogP contribution in [0.4, 0.5) is 0 Å². The second-order valence-electron chi connectivity index (χ2n) is 7.41. The van der Waals surface area contributed by atoms with Crippen molar-refractivity contribution in [3.63, 3.8) is 0 Å². The summed E-state index contributed by atoms with van der Waals surface area (Å²) in [4.78, 5) is 25.4. The average molecular weight is 392 g/mol. The van der Waals surface area contributed by atoms with Gasteiger partial charge in [0, 0.05) is 12.6 Å². The fourth-order valence-electron chi connectivity index (χ4n) is 3.62. The molecule has 0 aliphatic carbocycles. The summed E-state index contributed by atoms with van der Waals surface area (Å²) in [6.07, 6.45) is 4.00. The zero-order valence-electron chi connectivity index (χ0n) is 16.6. The molecule has 7 nitrogen and oxygen atoms in total. The topological polar surface area (TPSA) is 89.2 Å². The first-order valence-corrected chi connectivity index (χ1v) is 9.83. The van der Waals surface area contributed by atoms with Crippen molar-refractivity contribution in [2.45, 2.75) is 39.2 Å². The minimum Gasteiger partial charge on any atom is -0.463 e. The third kappa shape index (κ3) is 3.94. The van der Waals surface area contributed by atoms with Crippen LogP contribution in [0.5, 0.6) is 0 Å². The van der Waals surface area contributed by atoms with Gasteiger partial charge in [0.1, 0.15) is 17.4 Å². The number of hydrogen-bond donors (Lipinski definition) is 2. The summed E-state index contributed by atoms with van der Waals surface area (Å²) in [7, 11) is 0. The van der Waals surface area contributed by atoms with E-state index in [1.807, 2.05) is 32.0 Å². The van der Waals surface area contributed by atoms with Gasteiger partial charge in [0.2, 0.25) is 5.91 Å². The highest BCUT2D eigenvalue weighted by Gasteiger charge is 2.26. The number of rotatable bonds is 4. The van der Waals surface area contributed by atoms with Crippen LogP contribution in [0.1, 0.15) is 40.9 Å². The van der Waals surface area contributed by atoms with Crippen molar-refractivity contribution in [3.05, 3.63) is 59.5 Å². The highest BCUT2D eigenvalue weighted by atomic mass is 16.3. The lowest BCUT2D eigenvalue weighted by atomic mass is 10.1. The highest BCUT2D eigenvalue weighted by molar-refractivity contribution is 5.97. The largest absolute Gasteiger partial charge is 0.463 e.